The molecule has 0 amide bonds. The molecule has 1 aliphatic carbocycles. The van der Waals surface area contributed by atoms with Crippen molar-refractivity contribution in [3.05, 3.63) is 0 Å². The number of hydrogen-bond donors (Lipinski definition) is 0. The molecule has 1 unspecified atom stereocenters. The highest BCUT2D eigenvalue weighted by atomic mass is 16.1. The summed E-state index contributed by atoms with van der Waals surface area (Å²) in [6.45, 7) is 5.33. The third-order valence-electron chi connectivity index (χ3n) is 4.60. The molecular weight excluding hydrogens is 212 g/mol. The molecule has 2 fully saturated rings. The Labute approximate surface area is 105 Å². The van der Waals surface area contributed by atoms with E-state index in [4.69, 9.17) is 0 Å². The van der Waals surface area contributed by atoms with Gasteiger partial charge in [-0.2, -0.15) is 0 Å². The van der Waals surface area contributed by atoms with Crippen LogP contribution in [0.5, 0.6) is 0 Å². The molecule has 0 bridgehead atoms. The molecule has 1 atom stereocenters. The number of carbonyl (C=O) groups is 1. The van der Waals surface area contributed by atoms with Crippen molar-refractivity contribution < 1.29 is 4.79 Å². The van der Waals surface area contributed by atoms with Crippen LogP contribution in [0.25, 0.3) is 0 Å². The Morgan fingerprint density at radius 1 is 1.06 bits per heavy atom. The summed E-state index contributed by atoms with van der Waals surface area (Å²) in [6.07, 6.45) is 4.72. The van der Waals surface area contributed by atoms with Crippen molar-refractivity contribution in [3.63, 3.8) is 0 Å². The summed E-state index contributed by atoms with van der Waals surface area (Å²) in [5.74, 6) is 1.67. The molecule has 2 aliphatic rings. The maximum atomic E-state index is 12.5. The maximum Gasteiger partial charge on any atom is 0.154 e. The minimum absolute atomic E-state index is 0.146. The summed E-state index contributed by atoms with van der Waals surface area (Å²) in [7, 11) is 4.22. The molecule has 1 heterocycles. The van der Waals surface area contributed by atoms with Crippen LogP contribution in [0.2, 0.25) is 0 Å². The predicted molar refractivity (Wildman–Crippen MR) is 70.0 cm³/mol. The molecule has 2 rings (SSSR count). The molecule has 0 aromatic rings. The lowest BCUT2D eigenvalue weighted by Crippen LogP contribution is -2.55. The summed E-state index contributed by atoms with van der Waals surface area (Å²) in [4.78, 5) is 17.1. The van der Waals surface area contributed by atoms with E-state index in [1.165, 1.54) is 12.8 Å². The molecule has 0 aromatic carbocycles. The molecule has 0 N–H and O–H groups in total. The zero-order valence-corrected chi connectivity index (χ0v) is 11.5. The molecule has 98 valence electrons. The first-order chi connectivity index (χ1) is 8.08. The van der Waals surface area contributed by atoms with E-state index in [9.17, 15) is 4.79 Å². The fourth-order valence-electron chi connectivity index (χ4n) is 3.13. The van der Waals surface area contributed by atoms with Crippen LogP contribution in [0.15, 0.2) is 0 Å². The van der Waals surface area contributed by atoms with Crippen LogP contribution in [0, 0.1) is 11.8 Å². The number of nitrogens with zero attached hydrogens (tertiary/aromatic N) is 2. The molecule has 0 aromatic heterocycles. The van der Waals surface area contributed by atoms with Crippen LogP contribution < -0.4 is 0 Å². The van der Waals surface area contributed by atoms with Gasteiger partial charge in [0.25, 0.3) is 0 Å². The smallest absolute Gasteiger partial charge is 0.154 e. The van der Waals surface area contributed by atoms with Gasteiger partial charge in [0.1, 0.15) is 0 Å². The number of rotatable bonds is 2. The molecule has 1 aliphatic heterocycles. The lowest BCUT2D eigenvalue weighted by atomic mass is 9.79. The Balaban J connectivity index is 1.94. The lowest BCUT2D eigenvalue weighted by molar-refractivity contribution is -0.131. The Kier molecular flexibility index (Phi) is 4.21. The number of likely N-dealkylation sites (N-methyl/N-ethyl adjacent to an activating group) is 2. The largest absolute Gasteiger partial charge is 0.303 e. The first-order valence-corrected chi connectivity index (χ1v) is 7.00. The highest BCUT2D eigenvalue weighted by Gasteiger charge is 2.34. The summed E-state index contributed by atoms with van der Waals surface area (Å²) in [5.41, 5.74) is 0. The Morgan fingerprint density at radius 2 is 1.71 bits per heavy atom. The Hall–Kier alpha value is -0.410. The van der Waals surface area contributed by atoms with Gasteiger partial charge >= 0.3 is 0 Å². The van der Waals surface area contributed by atoms with Crippen molar-refractivity contribution in [3.8, 4) is 0 Å². The molecular formula is C14H26N2O. The summed E-state index contributed by atoms with van der Waals surface area (Å²) >= 11 is 0. The summed E-state index contributed by atoms with van der Waals surface area (Å²) in [6, 6.07) is 0.146. The van der Waals surface area contributed by atoms with Crippen LogP contribution in [-0.4, -0.2) is 55.4 Å². The second-order valence-electron chi connectivity index (χ2n) is 6.12. The fourth-order valence-corrected chi connectivity index (χ4v) is 3.13. The number of Topliss-reactive ketones (excluding diaryl/α,β-unsaturated/α-hetero) is 1. The van der Waals surface area contributed by atoms with Gasteiger partial charge < -0.3 is 4.90 Å². The van der Waals surface area contributed by atoms with Crippen LogP contribution >= 0.6 is 0 Å². The SMILES string of the molecule is CC1CCC(C(=O)C2CN(C)CCN2C)CC1. The monoisotopic (exact) mass is 238 g/mol. The minimum Gasteiger partial charge on any atom is -0.303 e. The van der Waals surface area contributed by atoms with Gasteiger partial charge in [-0.25, -0.2) is 0 Å². The zero-order chi connectivity index (χ0) is 12.4. The van der Waals surface area contributed by atoms with Crippen LogP contribution in [0.4, 0.5) is 0 Å². The van der Waals surface area contributed by atoms with Gasteiger partial charge in [-0.3, -0.25) is 9.69 Å². The average molecular weight is 238 g/mol. The standard InChI is InChI=1S/C14H26N2O/c1-11-4-6-12(7-5-11)14(17)13-10-15(2)8-9-16(13)3/h11-13H,4-10H2,1-3H3. The van der Waals surface area contributed by atoms with E-state index in [0.717, 1.165) is 38.4 Å². The van der Waals surface area contributed by atoms with E-state index in [1.807, 2.05) is 0 Å². The molecule has 1 saturated heterocycles. The Morgan fingerprint density at radius 3 is 2.35 bits per heavy atom. The molecule has 17 heavy (non-hydrogen) atoms. The van der Waals surface area contributed by atoms with E-state index < -0.39 is 0 Å². The van der Waals surface area contributed by atoms with Crippen LogP contribution in [0.3, 0.4) is 0 Å². The third kappa shape index (κ3) is 3.08. The van der Waals surface area contributed by atoms with Crippen molar-refractivity contribution >= 4 is 5.78 Å². The minimum atomic E-state index is 0.146. The van der Waals surface area contributed by atoms with Gasteiger partial charge in [-0.15, -0.1) is 0 Å². The summed E-state index contributed by atoms with van der Waals surface area (Å²) in [5, 5.41) is 0. The van der Waals surface area contributed by atoms with Crippen molar-refractivity contribution in [2.24, 2.45) is 11.8 Å². The van der Waals surface area contributed by atoms with E-state index in [2.05, 4.69) is 30.8 Å². The Bertz CT molecular complexity index is 271. The van der Waals surface area contributed by atoms with E-state index >= 15 is 0 Å². The average Bonchev–Trinajstić information content (AvgIpc) is 2.32. The molecule has 1 saturated carbocycles. The number of piperazine rings is 1. The third-order valence-corrected chi connectivity index (χ3v) is 4.60. The first kappa shape index (κ1) is 13.0. The van der Waals surface area contributed by atoms with Crippen molar-refractivity contribution in [1.29, 1.82) is 0 Å². The highest BCUT2D eigenvalue weighted by Crippen LogP contribution is 2.30. The quantitative estimate of drug-likeness (QED) is 0.730. The van der Waals surface area contributed by atoms with E-state index in [1.54, 1.807) is 0 Å². The lowest BCUT2D eigenvalue weighted by Gasteiger charge is -2.39. The molecule has 3 nitrogen and oxygen atoms in total. The van der Waals surface area contributed by atoms with Crippen molar-refractivity contribution in [2.45, 2.75) is 38.6 Å². The summed E-state index contributed by atoms with van der Waals surface area (Å²) < 4.78 is 0. The van der Waals surface area contributed by atoms with Gasteiger partial charge in [-0.05, 0) is 32.9 Å². The van der Waals surface area contributed by atoms with E-state index in [-0.39, 0.29) is 6.04 Å². The normalized spacial score (nSPS) is 37.0. The van der Waals surface area contributed by atoms with Crippen LogP contribution in [0.1, 0.15) is 32.6 Å². The van der Waals surface area contributed by atoms with Crippen molar-refractivity contribution in [2.75, 3.05) is 33.7 Å². The first-order valence-electron chi connectivity index (χ1n) is 7.00. The van der Waals surface area contributed by atoms with Gasteiger partial charge in [0.15, 0.2) is 5.78 Å². The zero-order valence-electron chi connectivity index (χ0n) is 11.5. The van der Waals surface area contributed by atoms with Gasteiger partial charge in [0, 0.05) is 25.6 Å². The predicted octanol–water partition coefficient (Wildman–Crippen LogP) is 1.63. The molecule has 0 radical (unpaired) electrons. The molecule has 3 heteroatoms. The van der Waals surface area contributed by atoms with Gasteiger partial charge in [0.05, 0.1) is 6.04 Å². The van der Waals surface area contributed by atoms with E-state index in [0.29, 0.717) is 11.7 Å². The number of ketones is 1. The van der Waals surface area contributed by atoms with Crippen LogP contribution in [-0.2, 0) is 4.79 Å². The van der Waals surface area contributed by atoms with Gasteiger partial charge in [-0.1, -0.05) is 19.8 Å². The topological polar surface area (TPSA) is 23.6 Å². The second kappa shape index (κ2) is 5.49. The maximum absolute atomic E-state index is 12.5. The highest BCUT2D eigenvalue weighted by molar-refractivity contribution is 5.86. The number of carbonyl (C=O) groups excluding carboxylic acids is 1. The van der Waals surface area contributed by atoms with Crippen molar-refractivity contribution in [1.82, 2.24) is 9.80 Å². The number of hydrogen-bond acceptors (Lipinski definition) is 3. The second-order valence-corrected chi connectivity index (χ2v) is 6.12. The molecule has 0 spiro atoms. The van der Waals surface area contributed by atoms with Gasteiger partial charge in [0.2, 0.25) is 0 Å². The fraction of sp³-hybridized carbons (Fsp3) is 0.929.